The molecular formula is C11H7F4NO2. The van der Waals surface area contributed by atoms with Crippen molar-refractivity contribution in [2.45, 2.75) is 6.18 Å². The lowest BCUT2D eigenvalue weighted by molar-refractivity contribution is -0.153. The van der Waals surface area contributed by atoms with Gasteiger partial charge in [0, 0.05) is 0 Å². The van der Waals surface area contributed by atoms with Crippen LogP contribution in [0, 0.1) is 5.82 Å². The molecular weight excluding hydrogens is 254 g/mol. The highest BCUT2D eigenvalue weighted by Gasteiger charge is 2.41. The van der Waals surface area contributed by atoms with E-state index in [1.54, 1.807) is 0 Å². The molecule has 2 aromatic rings. The molecule has 0 aliphatic heterocycles. The van der Waals surface area contributed by atoms with Gasteiger partial charge < -0.3 is 15.3 Å². The first-order valence-electron chi connectivity index (χ1n) is 4.75. The van der Waals surface area contributed by atoms with Gasteiger partial charge in [-0.1, -0.05) is 12.1 Å². The molecule has 7 heteroatoms. The lowest BCUT2D eigenvalue weighted by atomic mass is 10.1. The van der Waals surface area contributed by atoms with Crippen molar-refractivity contribution < 1.29 is 27.1 Å². The number of hydrogen-bond acceptors (Lipinski definition) is 3. The van der Waals surface area contributed by atoms with E-state index in [-0.39, 0.29) is 11.1 Å². The fourth-order valence-electron chi connectivity index (χ4n) is 1.53. The predicted molar refractivity (Wildman–Crippen MR) is 55.2 cm³/mol. The van der Waals surface area contributed by atoms with Crippen LogP contribution in [0.4, 0.5) is 23.4 Å². The van der Waals surface area contributed by atoms with Crippen molar-refractivity contribution in [3.8, 4) is 16.9 Å². The first-order chi connectivity index (χ1) is 8.30. The average molecular weight is 261 g/mol. The topological polar surface area (TPSA) is 59.4 Å². The summed E-state index contributed by atoms with van der Waals surface area (Å²) in [7, 11) is 0. The Hall–Kier alpha value is -2.18. The minimum Gasteiger partial charge on any atom is -0.504 e. The van der Waals surface area contributed by atoms with Crippen LogP contribution in [0.3, 0.4) is 0 Å². The molecule has 0 saturated heterocycles. The molecule has 0 fully saturated rings. The van der Waals surface area contributed by atoms with Gasteiger partial charge in [-0.25, -0.2) is 4.39 Å². The minimum atomic E-state index is -4.85. The summed E-state index contributed by atoms with van der Waals surface area (Å²) in [5.41, 5.74) is 5.12. The van der Waals surface area contributed by atoms with Gasteiger partial charge in [-0.2, -0.15) is 13.2 Å². The maximum atomic E-state index is 12.7. The van der Waals surface area contributed by atoms with Gasteiger partial charge in [0.1, 0.15) is 5.82 Å². The van der Waals surface area contributed by atoms with Gasteiger partial charge in [0.15, 0.2) is 5.75 Å². The second-order valence-corrected chi connectivity index (χ2v) is 3.52. The molecule has 3 N–H and O–H groups in total. The largest absolute Gasteiger partial charge is 0.504 e. The number of rotatable bonds is 1. The van der Waals surface area contributed by atoms with Crippen LogP contribution in [-0.2, 0) is 6.18 Å². The molecule has 0 saturated carbocycles. The van der Waals surface area contributed by atoms with Crippen LogP contribution in [-0.4, -0.2) is 5.11 Å². The van der Waals surface area contributed by atoms with Crippen LogP contribution in [0.5, 0.6) is 5.75 Å². The van der Waals surface area contributed by atoms with E-state index in [1.807, 2.05) is 0 Å². The zero-order valence-corrected chi connectivity index (χ0v) is 8.75. The average Bonchev–Trinajstić information content (AvgIpc) is 2.56. The lowest BCUT2D eigenvalue weighted by Crippen LogP contribution is -2.02. The summed E-state index contributed by atoms with van der Waals surface area (Å²) in [5.74, 6) is -3.81. The van der Waals surface area contributed by atoms with E-state index in [0.717, 1.165) is 12.1 Å². The molecule has 0 aliphatic rings. The fourth-order valence-corrected chi connectivity index (χ4v) is 1.53. The van der Waals surface area contributed by atoms with Crippen LogP contribution in [0.15, 0.2) is 28.7 Å². The SMILES string of the molecule is Nc1oc(C(F)(F)F)c(O)c1-c1ccc(F)cc1. The van der Waals surface area contributed by atoms with E-state index < -0.39 is 29.4 Å². The Bertz CT molecular complexity index is 572. The van der Waals surface area contributed by atoms with Gasteiger partial charge in [0.2, 0.25) is 5.88 Å². The Morgan fingerprint density at radius 3 is 2.11 bits per heavy atom. The monoisotopic (exact) mass is 261 g/mol. The number of nitrogens with two attached hydrogens (primary N) is 1. The van der Waals surface area contributed by atoms with Gasteiger partial charge in [-0.3, -0.25) is 0 Å². The summed E-state index contributed by atoms with van der Waals surface area (Å²) in [5, 5.41) is 9.48. The van der Waals surface area contributed by atoms with E-state index in [1.165, 1.54) is 12.1 Å². The number of nitrogen functional groups attached to an aromatic ring is 1. The molecule has 96 valence electrons. The highest BCUT2D eigenvalue weighted by molar-refractivity contribution is 5.80. The predicted octanol–water partition coefficient (Wildman–Crippen LogP) is 3.39. The number of furan rings is 1. The maximum absolute atomic E-state index is 12.7. The Kier molecular flexibility index (Phi) is 2.68. The highest BCUT2D eigenvalue weighted by Crippen LogP contribution is 2.46. The smallest absolute Gasteiger partial charge is 0.453 e. The Balaban J connectivity index is 2.59. The van der Waals surface area contributed by atoms with Crippen molar-refractivity contribution in [3.05, 3.63) is 35.8 Å². The molecule has 0 aliphatic carbocycles. The van der Waals surface area contributed by atoms with Crippen molar-refractivity contribution >= 4 is 5.88 Å². The number of alkyl halides is 3. The standard InChI is InChI=1S/C11H7F4NO2/c12-6-3-1-5(2-4-6)7-8(17)9(11(13,14)15)18-10(7)16/h1-4,17H,16H2. The summed E-state index contributed by atoms with van der Waals surface area (Å²) < 4.78 is 54.4. The van der Waals surface area contributed by atoms with Gasteiger partial charge in [0.05, 0.1) is 5.56 Å². The summed E-state index contributed by atoms with van der Waals surface area (Å²) in [6.45, 7) is 0. The quantitative estimate of drug-likeness (QED) is 0.773. The number of hydrogen-bond donors (Lipinski definition) is 2. The summed E-state index contributed by atoms with van der Waals surface area (Å²) >= 11 is 0. The molecule has 1 aromatic heterocycles. The van der Waals surface area contributed by atoms with Gasteiger partial charge in [-0.05, 0) is 17.7 Å². The van der Waals surface area contributed by atoms with Crippen LogP contribution >= 0.6 is 0 Å². The van der Waals surface area contributed by atoms with E-state index in [2.05, 4.69) is 4.42 Å². The maximum Gasteiger partial charge on any atom is 0.453 e. The molecule has 1 heterocycles. The molecule has 0 bridgehead atoms. The van der Waals surface area contributed by atoms with E-state index in [0.29, 0.717) is 0 Å². The van der Waals surface area contributed by atoms with Crippen molar-refractivity contribution in [3.63, 3.8) is 0 Å². The molecule has 0 radical (unpaired) electrons. The third kappa shape index (κ3) is 1.99. The minimum absolute atomic E-state index is 0.130. The number of benzene rings is 1. The molecule has 0 spiro atoms. The van der Waals surface area contributed by atoms with E-state index in [4.69, 9.17) is 5.73 Å². The van der Waals surface area contributed by atoms with E-state index in [9.17, 15) is 22.7 Å². The van der Waals surface area contributed by atoms with Crippen LogP contribution in [0.25, 0.3) is 11.1 Å². The first-order valence-corrected chi connectivity index (χ1v) is 4.75. The third-order valence-corrected chi connectivity index (χ3v) is 2.30. The Morgan fingerprint density at radius 1 is 1.11 bits per heavy atom. The number of anilines is 1. The molecule has 18 heavy (non-hydrogen) atoms. The molecule has 3 nitrogen and oxygen atoms in total. The van der Waals surface area contributed by atoms with E-state index >= 15 is 0 Å². The zero-order chi connectivity index (χ0) is 13.5. The lowest BCUT2D eigenvalue weighted by Gasteiger charge is -2.02. The third-order valence-electron chi connectivity index (χ3n) is 2.30. The van der Waals surface area contributed by atoms with Crippen molar-refractivity contribution in [1.29, 1.82) is 0 Å². The number of aromatic hydroxyl groups is 1. The van der Waals surface area contributed by atoms with Crippen molar-refractivity contribution in [1.82, 2.24) is 0 Å². The molecule has 0 amide bonds. The van der Waals surface area contributed by atoms with Crippen molar-refractivity contribution in [2.75, 3.05) is 5.73 Å². The van der Waals surface area contributed by atoms with Gasteiger partial charge in [-0.15, -0.1) is 0 Å². The zero-order valence-electron chi connectivity index (χ0n) is 8.75. The van der Waals surface area contributed by atoms with Crippen LogP contribution in [0.2, 0.25) is 0 Å². The fraction of sp³-hybridized carbons (Fsp3) is 0.0909. The second kappa shape index (κ2) is 3.94. The Labute approximate surface area is 98.4 Å². The second-order valence-electron chi connectivity index (χ2n) is 3.52. The summed E-state index contributed by atoms with van der Waals surface area (Å²) in [6, 6.07) is 4.45. The molecule has 2 rings (SSSR count). The van der Waals surface area contributed by atoms with Crippen LogP contribution < -0.4 is 5.73 Å². The Morgan fingerprint density at radius 2 is 1.67 bits per heavy atom. The van der Waals surface area contributed by atoms with Gasteiger partial charge in [0.25, 0.3) is 5.76 Å². The summed E-state index contributed by atoms with van der Waals surface area (Å²) in [4.78, 5) is 0. The molecule has 0 atom stereocenters. The normalized spacial score (nSPS) is 11.8. The van der Waals surface area contributed by atoms with Gasteiger partial charge >= 0.3 is 6.18 Å². The highest BCUT2D eigenvalue weighted by atomic mass is 19.4. The summed E-state index contributed by atoms with van der Waals surface area (Å²) in [6.07, 6.45) is -4.85. The first kappa shape index (κ1) is 12.3. The molecule has 0 unspecified atom stereocenters. The van der Waals surface area contributed by atoms with Crippen molar-refractivity contribution in [2.24, 2.45) is 0 Å². The van der Waals surface area contributed by atoms with Crippen LogP contribution in [0.1, 0.15) is 5.76 Å². The number of halogens is 4. The molecule has 1 aromatic carbocycles.